The number of ether oxygens (including phenoxy) is 1. The average molecular weight is 458 g/mol. The Kier molecular flexibility index (Phi) is 6.04. The molecule has 10 nitrogen and oxygen atoms in total. The molecule has 0 bridgehead atoms. The van der Waals surface area contributed by atoms with Gasteiger partial charge in [-0.1, -0.05) is 11.6 Å². The number of nitrogens with zero attached hydrogens (tertiary/aromatic N) is 5. The molecule has 2 aromatic rings. The van der Waals surface area contributed by atoms with E-state index in [2.05, 4.69) is 15.5 Å². The Labute approximate surface area is 192 Å². The Bertz CT molecular complexity index is 1080. The van der Waals surface area contributed by atoms with Crippen LogP contribution in [0.1, 0.15) is 34.6 Å². The monoisotopic (exact) mass is 457 g/mol. The van der Waals surface area contributed by atoms with Crippen LogP contribution in [0.25, 0.3) is 11.0 Å². The number of imidazole rings is 1. The maximum absolute atomic E-state index is 12.0. The summed E-state index contributed by atoms with van der Waals surface area (Å²) in [5.74, 6) is 1.48. The van der Waals surface area contributed by atoms with Crippen LogP contribution in [-0.2, 0) is 16.1 Å². The number of rotatable bonds is 5. The topological polar surface area (TPSA) is 103 Å². The van der Waals surface area contributed by atoms with E-state index in [1.54, 1.807) is 31.9 Å². The maximum Gasteiger partial charge on any atom is 0.528 e. The van der Waals surface area contributed by atoms with Crippen molar-refractivity contribution >= 4 is 28.8 Å². The molecule has 3 heterocycles. The third-order valence-corrected chi connectivity index (χ3v) is 5.93. The van der Waals surface area contributed by atoms with E-state index in [0.717, 1.165) is 24.6 Å². The summed E-state index contributed by atoms with van der Waals surface area (Å²) in [5.41, 5.74) is 2.13. The fourth-order valence-corrected chi connectivity index (χ4v) is 4.48. The fraction of sp³-hybridized carbons (Fsp3) is 0.565. The number of nitro benzene ring substituents is 1. The predicted octanol–water partition coefficient (Wildman–Crippen LogP) is 4.15. The highest BCUT2D eigenvalue weighted by atomic mass is 16.8. The van der Waals surface area contributed by atoms with Crippen LogP contribution in [0.3, 0.4) is 0 Å². The summed E-state index contributed by atoms with van der Waals surface area (Å²) in [6, 6.07) is 4.83. The Morgan fingerprint density at radius 3 is 2.45 bits per heavy atom. The summed E-state index contributed by atoms with van der Waals surface area (Å²) in [4.78, 5) is 35.3. The van der Waals surface area contributed by atoms with Gasteiger partial charge in [0.1, 0.15) is 5.60 Å². The van der Waals surface area contributed by atoms with E-state index in [9.17, 15) is 14.9 Å². The largest absolute Gasteiger partial charge is 0.528 e. The Balaban J connectivity index is 1.51. The van der Waals surface area contributed by atoms with Crippen molar-refractivity contribution in [2.24, 2.45) is 11.8 Å². The number of fused-ring (bicyclic) bond motifs is 2. The molecule has 10 heteroatoms. The van der Waals surface area contributed by atoms with Crippen LogP contribution >= 0.6 is 0 Å². The fourth-order valence-electron chi connectivity index (χ4n) is 4.48. The van der Waals surface area contributed by atoms with Gasteiger partial charge >= 0.3 is 6.16 Å². The van der Waals surface area contributed by atoms with Gasteiger partial charge in [-0.15, -0.1) is 5.06 Å². The average Bonchev–Trinajstić information content (AvgIpc) is 3.34. The number of carbonyl (C=O) groups is 1. The number of benzene rings is 1. The van der Waals surface area contributed by atoms with Crippen LogP contribution in [-0.4, -0.2) is 57.5 Å². The molecule has 2 atom stereocenters. The number of carbonyl (C=O) groups excluding carboxylic acids is 1. The van der Waals surface area contributed by atoms with Crippen molar-refractivity contribution in [2.75, 3.05) is 31.1 Å². The smallest absolute Gasteiger partial charge is 0.427 e. The van der Waals surface area contributed by atoms with Gasteiger partial charge in [-0.05, 0) is 52.5 Å². The normalized spacial score (nSPS) is 20.7. The van der Waals surface area contributed by atoms with E-state index in [-0.39, 0.29) is 5.69 Å². The summed E-state index contributed by atoms with van der Waals surface area (Å²) in [5, 5.41) is 12.9. The molecule has 178 valence electrons. The van der Waals surface area contributed by atoms with Crippen molar-refractivity contribution < 1.29 is 19.3 Å². The zero-order chi connectivity index (χ0) is 23.9. The number of hydroxylamine groups is 2. The summed E-state index contributed by atoms with van der Waals surface area (Å²) >= 11 is 0. The van der Waals surface area contributed by atoms with E-state index in [1.165, 1.54) is 17.7 Å². The van der Waals surface area contributed by atoms with E-state index < -0.39 is 16.7 Å². The zero-order valence-corrected chi connectivity index (χ0v) is 19.8. The van der Waals surface area contributed by atoms with Crippen molar-refractivity contribution in [1.29, 1.82) is 0 Å². The van der Waals surface area contributed by atoms with Crippen LogP contribution in [0.4, 0.5) is 16.4 Å². The number of nitro groups is 1. The lowest BCUT2D eigenvalue weighted by Crippen LogP contribution is -2.34. The molecule has 2 unspecified atom stereocenters. The van der Waals surface area contributed by atoms with Crippen LogP contribution < -0.4 is 4.90 Å². The van der Waals surface area contributed by atoms with E-state index in [1.807, 2.05) is 13.8 Å². The van der Waals surface area contributed by atoms with Gasteiger partial charge in [-0.2, -0.15) is 0 Å². The van der Waals surface area contributed by atoms with E-state index in [4.69, 9.17) is 14.6 Å². The Hall–Kier alpha value is -3.14. The molecule has 1 aromatic heterocycles. The first-order valence-electron chi connectivity index (χ1n) is 11.2. The lowest BCUT2D eigenvalue weighted by molar-refractivity contribution is -0.384. The maximum atomic E-state index is 12.0. The third-order valence-electron chi connectivity index (χ3n) is 5.93. The second-order valence-corrected chi connectivity index (χ2v) is 10.1. The van der Waals surface area contributed by atoms with Gasteiger partial charge in [0, 0.05) is 44.9 Å². The molecule has 0 radical (unpaired) electrons. The summed E-state index contributed by atoms with van der Waals surface area (Å²) in [6.07, 6.45) is 1.45. The quantitative estimate of drug-likeness (QED) is 0.286. The Morgan fingerprint density at radius 2 is 1.88 bits per heavy atom. The molecule has 4 rings (SSSR count). The van der Waals surface area contributed by atoms with Crippen molar-refractivity contribution in [3.63, 3.8) is 0 Å². The third kappa shape index (κ3) is 5.11. The molecule has 0 aliphatic carbocycles. The molecule has 0 amide bonds. The van der Waals surface area contributed by atoms with Gasteiger partial charge in [-0.3, -0.25) is 10.1 Å². The van der Waals surface area contributed by atoms with Crippen LogP contribution in [0.5, 0.6) is 0 Å². The number of allylic oxidation sites excluding steroid dienone is 2. The second-order valence-electron chi connectivity index (χ2n) is 10.1. The van der Waals surface area contributed by atoms with Crippen molar-refractivity contribution in [2.45, 2.75) is 46.8 Å². The summed E-state index contributed by atoms with van der Waals surface area (Å²) in [6.45, 7) is 13.0. The molecular formula is C23H31N5O5. The minimum absolute atomic E-state index is 0.0362. The molecule has 2 aliphatic heterocycles. The number of aromatic nitrogens is 2. The molecular weight excluding hydrogens is 426 g/mol. The predicted molar refractivity (Wildman–Crippen MR) is 124 cm³/mol. The summed E-state index contributed by atoms with van der Waals surface area (Å²) < 4.78 is 7.37. The van der Waals surface area contributed by atoms with Crippen LogP contribution in [0.2, 0.25) is 0 Å². The minimum atomic E-state index is -0.676. The SMILES string of the molecule is CC(C)=CCn1c(N2CC3CN(OC(=O)OC(C)(C)C)CC3C2)nc2cc([N+](=O)[O-])ccc21. The highest BCUT2D eigenvalue weighted by Crippen LogP contribution is 2.36. The molecule has 33 heavy (non-hydrogen) atoms. The standard InChI is InChI=1S/C23H31N5O5/c1-15(2)8-9-27-20-7-6-18(28(30)31)10-19(20)24-21(27)25-11-16-13-26(14-17(16)12-25)33-22(29)32-23(3,4)5/h6-8,10,16-17H,9,11-14H2,1-5H3. The highest BCUT2D eigenvalue weighted by Gasteiger charge is 2.43. The molecule has 2 fully saturated rings. The molecule has 0 saturated carbocycles. The second kappa shape index (κ2) is 8.66. The van der Waals surface area contributed by atoms with Crippen molar-refractivity contribution in [3.05, 3.63) is 40.0 Å². The highest BCUT2D eigenvalue weighted by molar-refractivity contribution is 5.81. The minimum Gasteiger partial charge on any atom is -0.427 e. The first-order valence-corrected chi connectivity index (χ1v) is 11.2. The molecule has 2 saturated heterocycles. The number of hydrogen-bond donors (Lipinski definition) is 0. The zero-order valence-electron chi connectivity index (χ0n) is 19.8. The Morgan fingerprint density at radius 1 is 1.21 bits per heavy atom. The van der Waals surface area contributed by atoms with Crippen LogP contribution in [0, 0.1) is 22.0 Å². The van der Waals surface area contributed by atoms with Crippen LogP contribution in [0.15, 0.2) is 29.8 Å². The number of non-ortho nitro benzene ring substituents is 1. The van der Waals surface area contributed by atoms with Gasteiger partial charge < -0.3 is 19.0 Å². The van der Waals surface area contributed by atoms with Crippen molar-refractivity contribution in [3.8, 4) is 0 Å². The molecule has 0 spiro atoms. The van der Waals surface area contributed by atoms with Crippen molar-refractivity contribution in [1.82, 2.24) is 14.6 Å². The van der Waals surface area contributed by atoms with E-state index >= 15 is 0 Å². The number of hydrogen-bond acceptors (Lipinski definition) is 8. The number of anilines is 1. The van der Waals surface area contributed by atoms with Gasteiger partial charge in [0.15, 0.2) is 0 Å². The molecule has 1 aromatic carbocycles. The first kappa shape index (κ1) is 23.0. The molecule has 2 aliphatic rings. The van der Waals surface area contributed by atoms with Gasteiger partial charge in [0.2, 0.25) is 5.95 Å². The van der Waals surface area contributed by atoms with E-state index in [0.29, 0.717) is 37.0 Å². The van der Waals surface area contributed by atoms with Gasteiger partial charge in [-0.25, -0.2) is 9.78 Å². The molecule has 0 N–H and O–H groups in total. The van der Waals surface area contributed by atoms with Gasteiger partial charge in [0.05, 0.1) is 16.0 Å². The van der Waals surface area contributed by atoms with Gasteiger partial charge in [0.25, 0.3) is 5.69 Å². The summed E-state index contributed by atoms with van der Waals surface area (Å²) in [7, 11) is 0. The lowest BCUT2D eigenvalue weighted by atomic mass is 10.0. The first-order chi connectivity index (χ1) is 15.5. The lowest BCUT2D eigenvalue weighted by Gasteiger charge is -2.24.